The largest absolute Gasteiger partial charge is 0.376 e. The Bertz CT molecular complexity index is 208. The third-order valence-electron chi connectivity index (χ3n) is 2.42. The number of epoxide rings is 2. The maximum Gasteiger partial charge on any atom is 0.145 e. The first-order valence-corrected chi connectivity index (χ1v) is 5.82. The summed E-state index contributed by atoms with van der Waals surface area (Å²) >= 11 is 0. The lowest BCUT2D eigenvalue weighted by atomic mass is 10.4. The molecule has 0 amide bonds. The molecule has 2 saturated heterocycles. The van der Waals surface area contributed by atoms with E-state index in [4.69, 9.17) is 23.7 Å². The first-order chi connectivity index (χ1) is 8.38. The van der Waals surface area contributed by atoms with Gasteiger partial charge in [0.2, 0.25) is 0 Å². The van der Waals surface area contributed by atoms with Crippen LogP contribution in [0.2, 0.25) is 0 Å². The zero-order chi connectivity index (χ0) is 11.9. The van der Waals surface area contributed by atoms with Crippen LogP contribution in [0.1, 0.15) is 0 Å². The topological polar surface area (TPSA) is 69.8 Å². The molecule has 0 spiro atoms. The summed E-state index contributed by atoms with van der Waals surface area (Å²) in [6.07, 6.45) is 0.990. The number of hydrogen-bond acceptors (Lipinski definition) is 6. The summed E-state index contributed by atoms with van der Waals surface area (Å²) in [5, 5.41) is 0. The Hall–Kier alpha value is -0.530. The van der Waals surface area contributed by atoms with Crippen molar-refractivity contribution in [2.24, 2.45) is 0 Å². The minimum absolute atomic E-state index is 0.0667. The van der Waals surface area contributed by atoms with Gasteiger partial charge in [-0.1, -0.05) is 0 Å². The van der Waals surface area contributed by atoms with Crippen molar-refractivity contribution in [1.82, 2.24) is 0 Å². The molecule has 0 aliphatic carbocycles. The fraction of sp³-hybridized carbons (Fsp3) is 0.909. The zero-order valence-corrected chi connectivity index (χ0v) is 9.71. The highest BCUT2D eigenvalue weighted by Crippen LogP contribution is 2.10. The lowest BCUT2D eigenvalue weighted by Gasteiger charge is -2.16. The molecule has 6 nitrogen and oxygen atoms in total. The van der Waals surface area contributed by atoms with Crippen LogP contribution in [0.15, 0.2) is 0 Å². The molecule has 17 heavy (non-hydrogen) atoms. The van der Waals surface area contributed by atoms with Crippen LogP contribution in [0.25, 0.3) is 0 Å². The third kappa shape index (κ3) is 6.09. The van der Waals surface area contributed by atoms with E-state index < -0.39 is 0 Å². The smallest absolute Gasteiger partial charge is 0.145 e. The van der Waals surface area contributed by atoms with Gasteiger partial charge in [-0.05, 0) is 0 Å². The molecule has 0 aromatic carbocycles. The van der Waals surface area contributed by atoms with Crippen molar-refractivity contribution in [2.75, 3.05) is 46.2 Å². The average Bonchev–Trinajstić information content (AvgIpc) is 3.18. The van der Waals surface area contributed by atoms with Gasteiger partial charge >= 0.3 is 0 Å². The van der Waals surface area contributed by atoms with E-state index in [1.54, 1.807) is 0 Å². The van der Waals surface area contributed by atoms with Crippen molar-refractivity contribution in [3.63, 3.8) is 0 Å². The Labute approximate surface area is 100 Å². The number of aldehydes is 1. The molecule has 2 rings (SSSR count). The summed E-state index contributed by atoms with van der Waals surface area (Å²) < 4.78 is 26.2. The second-order valence-corrected chi connectivity index (χ2v) is 4.11. The van der Waals surface area contributed by atoms with Gasteiger partial charge in [0, 0.05) is 0 Å². The number of rotatable bonds is 11. The molecule has 0 radical (unpaired) electrons. The molecule has 98 valence electrons. The van der Waals surface area contributed by atoms with Gasteiger partial charge in [-0.3, -0.25) is 0 Å². The van der Waals surface area contributed by atoms with E-state index in [9.17, 15) is 4.79 Å². The van der Waals surface area contributed by atoms with Gasteiger partial charge < -0.3 is 28.5 Å². The maximum atomic E-state index is 10.2. The van der Waals surface area contributed by atoms with Crippen LogP contribution in [0.5, 0.6) is 0 Å². The Kier molecular flexibility index (Phi) is 5.34. The van der Waals surface area contributed by atoms with Crippen LogP contribution in [0.4, 0.5) is 0 Å². The first kappa shape index (κ1) is 12.9. The molecule has 2 heterocycles. The van der Waals surface area contributed by atoms with Crippen LogP contribution in [0, 0.1) is 0 Å². The van der Waals surface area contributed by atoms with Gasteiger partial charge in [0.25, 0.3) is 0 Å². The summed E-state index contributed by atoms with van der Waals surface area (Å²) in [5.41, 5.74) is 0. The van der Waals surface area contributed by atoms with E-state index in [0.717, 1.165) is 19.5 Å². The van der Waals surface area contributed by atoms with Crippen LogP contribution in [-0.4, -0.2) is 70.8 Å². The number of hydrogen-bond donors (Lipinski definition) is 0. The first-order valence-electron chi connectivity index (χ1n) is 5.82. The van der Waals surface area contributed by atoms with Crippen LogP contribution < -0.4 is 0 Å². The number of ether oxygens (including phenoxy) is 5. The molecule has 2 aliphatic heterocycles. The summed E-state index contributed by atoms with van der Waals surface area (Å²) in [7, 11) is 0. The fourth-order valence-corrected chi connectivity index (χ4v) is 1.31. The van der Waals surface area contributed by atoms with Crippen molar-refractivity contribution in [1.29, 1.82) is 0 Å². The predicted molar refractivity (Wildman–Crippen MR) is 56.9 cm³/mol. The molecule has 2 unspecified atom stereocenters. The van der Waals surface area contributed by atoms with E-state index in [1.165, 1.54) is 0 Å². The SMILES string of the molecule is O=CCOC(COCC1CO1)COCC1CO1. The Morgan fingerprint density at radius 1 is 1.12 bits per heavy atom. The quantitative estimate of drug-likeness (QED) is 0.358. The highest BCUT2D eigenvalue weighted by molar-refractivity contribution is 5.50. The molecule has 0 aromatic heterocycles. The van der Waals surface area contributed by atoms with Crippen LogP contribution in [0.3, 0.4) is 0 Å². The second-order valence-electron chi connectivity index (χ2n) is 4.11. The fourth-order valence-electron chi connectivity index (χ4n) is 1.31. The molecular weight excluding hydrogens is 228 g/mol. The second kappa shape index (κ2) is 7.03. The molecular formula is C11H18O6. The van der Waals surface area contributed by atoms with E-state index in [0.29, 0.717) is 26.4 Å². The van der Waals surface area contributed by atoms with Gasteiger partial charge in [0.15, 0.2) is 0 Å². The summed E-state index contributed by atoms with van der Waals surface area (Å²) in [4.78, 5) is 10.2. The lowest BCUT2D eigenvalue weighted by molar-refractivity contribution is -0.118. The Balaban J connectivity index is 1.53. The zero-order valence-electron chi connectivity index (χ0n) is 9.71. The minimum atomic E-state index is -0.210. The highest BCUT2D eigenvalue weighted by Gasteiger charge is 2.24. The van der Waals surface area contributed by atoms with Crippen molar-refractivity contribution in [3.05, 3.63) is 0 Å². The maximum absolute atomic E-state index is 10.2. The average molecular weight is 246 g/mol. The molecule has 6 heteroatoms. The normalized spacial score (nSPS) is 27.8. The molecule has 0 bridgehead atoms. The monoisotopic (exact) mass is 246 g/mol. The van der Waals surface area contributed by atoms with Gasteiger partial charge in [-0.2, -0.15) is 0 Å². The standard InChI is InChI=1S/C11H18O6/c12-1-2-15-9(3-13-5-10-7-16-10)4-14-6-11-8-17-11/h1,9-11H,2-8H2. The van der Waals surface area contributed by atoms with Gasteiger partial charge in [0.1, 0.15) is 31.2 Å². The number of carbonyl (C=O) groups excluding carboxylic acids is 1. The van der Waals surface area contributed by atoms with Crippen molar-refractivity contribution in [3.8, 4) is 0 Å². The molecule has 2 fully saturated rings. The van der Waals surface area contributed by atoms with E-state index in [1.807, 2.05) is 0 Å². The minimum Gasteiger partial charge on any atom is -0.376 e. The molecule has 2 atom stereocenters. The van der Waals surface area contributed by atoms with Crippen molar-refractivity contribution >= 4 is 6.29 Å². The Morgan fingerprint density at radius 3 is 2.06 bits per heavy atom. The summed E-state index contributed by atoms with van der Waals surface area (Å²) in [6, 6.07) is 0. The van der Waals surface area contributed by atoms with E-state index in [2.05, 4.69) is 0 Å². The molecule has 0 N–H and O–H groups in total. The molecule has 2 aliphatic rings. The van der Waals surface area contributed by atoms with Crippen LogP contribution >= 0.6 is 0 Å². The highest BCUT2D eigenvalue weighted by atomic mass is 16.6. The van der Waals surface area contributed by atoms with E-state index in [-0.39, 0.29) is 24.9 Å². The lowest BCUT2D eigenvalue weighted by Crippen LogP contribution is -2.28. The number of carbonyl (C=O) groups is 1. The Morgan fingerprint density at radius 2 is 1.65 bits per heavy atom. The summed E-state index contributed by atoms with van der Waals surface area (Å²) in [5.74, 6) is 0. The van der Waals surface area contributed by atoms with Gasteiger partial charge in [-0.15, -0.1) is 0 Å². The molecule has 0 aromatic rings. The van der Waals surface area contributed by atoms with Crippen LogP contribution in [-0.2, 0) is 28.5 Å². The van der Waals surface area contributed by atoms with Crippen molar-refractivity contribution in [2.45, 2.75) is 18.3 Å². The molecule has 0 saturated carbocycles. The summed E-state index contributed by atoms with van der Waals surface area (Å²) in [6.45, 7) is 3.60. The predicted octanol–water partition coefficient (Wildman–Crippen LogP) is -0.599. The third-order valence-corrected chi connectivity index (χ3v) is 2.42. The van der Waals surface area contributed by atoms with E-state index >= 15 is 0 Å². The van der Waals surface area contributed by atoms with Gasteiger partial charge in [0.05, 0.1) is 39.6 Å². The van der Waals surface area contributed by atoms with Gasteiger partial charge in [-0.25, -0.2) is 0 Å². The van der Waals surface area contributed by atoms with Crippen molar-refractivity contribution < 1.29 is 28.5 Å².